The van der Waals surface area contributed by atoms with E-state index in [1.54, 1.807) is 7.11 Å². The topological polar surface area (TPSA) is 33.0 Å². The number of methoxy groups -OCH3 is 1. The normalized spacial score (nSPS) is 12.7. The number of nitrogens with zero attached hydrogens (tertiary/aromatic N) is 1. The van der Waals surface area contributed by atoms with Gasteiger partial charge in [0.15, 0.2) is 0 Å². The maximum Gasteiger partial charge on any atom is 0.0677 e. The van der Waals surface area contributed by atoms with Crippen molar-refractivity contribution in [3.05, 3.63) is 0 Å². The average Bonchev–Trinajstić information content (AvgIpc) is 1.68. The first-order valence-corrected chi connectivity index (χ1v) is 2.19. The fourth-order valence-electron chi connectivity index (χ4n) is 0.287. The Bertz CT molecular complexity index is 74.6. The van der Waals surface area contributed by atoms with Crippen LogP contribution in [0.1, 0.15) is 6.92 Å². The molecule has 0 aromatic heterocycles. The van der Waals surface area contributed by atoms with Gasteiger partial charge in [-0.05, 0) is 6.92 Å². The lowest BCUT2D eigenvalue weighted by molar-refractivity contribution is 0.178. The van der Waals surface area contributed by atoms with Crippen LogP contribution in [0.5, 0.6) is 0 Å². The zero-order valence-electron chi connectivity index (χ0n) is 4.64. The van der Waals surface area contributed by atoms with Gasteiger partial charge < -0.3 is 4.74 Å². The third-order valence-electron chi connectivity index (χ3n) is 0.637. The van der Waals surface area contributed by atoms with Crippen molar-refractivity contribution >= 4 is 0 Å². The Morgan fingerprint density at radius 3 is 2.57 bits per heavy atom. The third-order valence-corrected chi connectivity index (χ3v) is 0.637. The van der Waals surface area contributed by atoms with E-state index in [9.17, 15) is 0 Å². The van der Waals surface area contributed by atoms with Crippen LogP contribution in [-0.2, 0) is 4.74 Å². The molecule has 0 amide bonds. The molecule has 0 bridgehead atoms. The van der Waals surface area contributed by atoms with E-state index in [0.29, 0.717) is 6.61 Å². The highest BCUT2D eigenvalue weighted by atomic mass is 16.5. The molecule has 0 heterocycles. The summed E-state index contributed by atoms with van der Waals surface area (Å²) in [4.78, 5) is 0. The zero-order valence-corrected chi connectivity index (χ0v) is 4.64. The van der Waals surface area contributed by atoms with Gasteiger partial charge in [-0.15, -0.1) is 0 Å². The second-order valence-electron chi connectivity index (χ2n) is 1.49. The Hall–Kier alpha value is -0.550. The maximum atomic E-state index is 8.14. The highest BCUT2D eigenvalue weighted by Gasteiger charge is 1.93. The number of rotatable bonds is 2. The van der Waals surface area contributed by atoms with Crippen LogP contribution in [0.15, 0.2) is 0 Å². The van der Waals surface area contributed by atoms with Crippen molar-refractivity contribution in [2.24, 2.45) is 5.92 Å². The van der Waals surface area contributed by atoms with E-state index < -0.39 is 0 Å². The van der Waals surface area contributed by atoms with Gasteiger partial charge in [0.05, 0.1) is 18.6 Å². The minimum absolute atomic E-state index is 0.0324. The Labute approximate surface area is 43.7 Å². The summed E-state index contributed by atoms with van der Waals surface area (Å²) >= 11 is 0. The first kappa shape index (κ1) is 6.45. The largest absolute Gasteiger partial charge is 0.383 e. The summed E-state index contributed by atoms with van der Waals surface area (Å²) in [5, 5.41) is 8.14. The summed E-state index contributed by atoms with van der Waals surface area (Å²) in [5.41, 5.74) is 0. The van der Waals surface area contributed by atoms with Gasteiger partial charge in [-0.2, -0.15) is 5.26 Å². The van der Waals surface area contributed by atoms with E-state index in [1.807, 2.05) is 13.0 Å². The van der Waals surface area contributed by atoms with Crippen LogP contribution in [0.2, 0.25) is 0 Å². The quantitative estimate of drug-likeness (QED) is 0.512. The first-order valence-electron chi connectivity index (χ1n) is 2.19. The van der Waals surface area contributed by atoms with Gasteiger partial charge in [0.2, 0.25) is 0 Å². The molecule has 1 atom stereocenters. The molecule has 40 valence electrons. The van der Waals surface area contributed by atoms with E-state index in [-0.39, 0.29) is 5.92 Å². The predicted octanol–water partition coefficient (Wildman–Crippen LogP) is 0.792. The second kappa shape index (κ2) is 3.63. The van der Waals surface area contributed by atoms with Crippen molar-refractivity contribution in [3.8, 4) is 6.07 Å². The van der Waals surface area contributed by atoms with Crippen molar-refractivity contribution in [3.63, 3.8) is 0 Å². The molecule has 0 aromatic rings. The molecule has 0 spiro atoms. The van der Waals surface area contributed by atoms with Gasteiger partial charge in [-0.25, -0.2) is 0 Å². The number of hydrogen-bond acceptors (Lipinski definition) is 2. The van der Waals surface area contributed by atoms with Gasteiger partial charge in [0.25, 0.3) is 0 Å². The van der Waals surface area contributed by atoms with Gasteiger partial charge in [-0.3, -0.25) is 0 Å². The minimum Gasteiger partial charge on any atom is -0.383 e. The van der Waals surface area contributed by atoms with Crippen LogP contribution < -0.4 is 0 Å². The van der Waals surface area contributed by atoms with Crippen molar-refractivity contribution in [2.75, 3.05) is 13.7 Å². The van der Waals surface area contributed by atoms with Crippen LogP contribution >= 0.6 is 0 Å². The Kier molecular flexibility index (Phi) is 3.35. The lowest BCUT2D eigenvalue weighted by Crippen LogP contribution is -1.98. The molecule has 0 aliphatic heterocycles. The van der Waals surface area contributed by atoms with E-state index in [4.69, 9.17) is 5.26 Å². The molecule has 0 rings (SSSR count). The van der Waals surface area contributed by atoms with Crippen LogP contribution in [-0.4, -0.2) is 13.7 Å². The van der Waals surface area contributed by atoms with Crippen LogP contribution in [0.4, 0.5) is 0 Å². The van der Waals surface area contributed by atoms with Crippen LogP contribution in [0, 0.1) is 17.2 Å². The molecule has 0 unspecified atom stereocenters. The Morgan fingerprint density at radius 2 is 2.43 bits per heavy atom. The molecule has 0 aromatic carbocycles. The van der Waals surface area contributed by atoms with Crippen LogP contribution in [0.25, 0.3) is 0 Å². The minimum atomic E-state index is 0.0324. The summed E-state index contributed by atoms with van der Waals surface area (Å²) in [6, 6.07) is 2.04. The fraction of sp³-hybridized carbons (Fsp3) is 0.800. The highest BCUT2D eigenvalue weighted by Crippen LogP contribution is 1.88. The molecular weight excluding hydrogens is 90.1 g/mol. The number of ether oxygens (including phenoxy) is 1. The molecule has 0 N–H and O–H groups in total. The van der Waals surface area contributed by atoms with Crippen molar-refractivity contribution < 1.29 is 4.74 Å². The molecule has 2 nitrogen and oxygen atoms in total. The monoisotopic (exact) mass is 99.1 g/mol. The maximum absolute atomic E-state index is 8.14. The Balaban J connectivity index is 3.04. The molecule has 0 saturated carbocycles. The lowest BCUT2D eigenvalue weighted by atomic mass is 10.2. The summed E-state index contributed by atoms with van der Waals surface area (Å²) in [5.74, 6) is 0.0324. The molecule has 0 saturated heterocycles. The molecule has 7 heavy (non-hydrogen) atoms. The third kappa shape index (κ3) is 3.28. The SMILES string of the molecule is COC[C@H](C)C#N. The second-order valence-corrected chi connectivity index (χ2v) is 1.49. The zero-order chi connectivity index (χ0) is 5.70. The number of hydrogen-bond donors (Lipinski definition) is 0. The molecular formula is C5H9NO. The van der Waals surface area contributed by atoms with E-state index in [2.05, 4.69) is 4.74 Å². The molecule has 0 radical (unpaired) electrons. The molecule has 2 heteroatoms. The van der Waals surface area contributed by atoms with Crippen LogP contribution in [0.3, 0.4) is 0 Å². The summed E-state index contributed by atoms with van der Waals surface area (Å²) < 4.78 is 4.67. The molecule has 0 aliphatic rings. The van der Waals surface area contributed by atoms with Crippen molar-refractivity contribution in [1.82, 2.24) is 0 Å². The fourth-order valence-corrected chi connectivity index (χ4v) is 0.287. The van der Waals surface area contributed by atoms with Gasteiger partial charge in [0, 0.05) is 7.11 Å². The summed E-state index contributed by atoms with van der Waals surface area (Å²) in [7, 11) is 1.59. The van der Waals surface area contributed by atoms with Gasteiger partial charge in [-0.1, -0.05) is 0 Å². The average molecular weight is 99.1 g/mol. The predicted molar refractivity (Wildman–Crippen MR) is 26.7 cm³/mol. The molecule has 0 fully saturated rings. The Morgan fingerprint density at radius 1 is 1.86 bits per heavy atom. The standard InChI is InChI=1S/C5H9NO/c1-5(3-6)4-7-2/h5H,4H2,1-2H3/t5-/m1/s1. The lowest BCUT2D eigenvalue weighted by Gasteiger charge is -1.95. The summed E-state index contributed by atoms with van der Waals surface area (Å²) in [6.45, 7) is 2.36. The first-order chi connectivity index (χ1) is 3.31. The summed E-state index contributed by atoms with van der Waals surface area (Å²) in [6.07, 6.45) is 0. The van der Waals surface area contributed by atoms with Crippen molar-refractivity contribution in [2.45, 2.75) is 6.92 Å². The van der Waals surface area contributed by atoms with Gasteiger partial charge in [0.1, 0.15) is 0 Å². The molecule has 0 aliphatic carbocycles. The van der Waals surface area contributed by atoms with E-state index in [1.165, 1.54) is 0 Å². The van der Waals surface area contributed by atoms with E-state index in [0.717, 1.165) is 0 Å². The van der Waals surface area contributed by atoms with E-state index >= 15 is 0 Å². The van der Waals surface area contributed by atoms with Gasteiger partial charge >= 0.3 is 0 Å². The number of nitriles is 1. The smallest absolute Gasteiger partial charge is 0.0677 e. The van der Waals surface area contributed by atoms with Crippen molar-refractivity contribution in [1.29, 1.82) is 5.26 Å². The highest BCUT2D eigenvalue weighted by molar-refractivity contribution is 4.77.